The molecule has 2 saturated carbocycles. The van der Waals surface area contributed by atoms with E-state index in [1.165, 1.54) is 38.5 Å². The topological polar surface area (TPSA) is 76.5 Å². The average Bonchev–Trinajstić information content (AvgIpc) is 3.30. The molecule has 0 unspecified atom stereocenters. The van der Waals surface area contributed by atoms with Crippen LogP contribution in [0.1, 0.15) is 70.0 Å². The Balaban J connectivity index is 1.27. The van der Waals surface area contributed by atoms with Gasteiger partial charge in [-0.25, -0.2) is 4.98 Å². The van der Waals surface area contributed by atoms with Gasteiger partial charge in [0, 0.05) is 25.0 Å². The molecule has 2 aliphatic carbocycles. The molecule has 2 fully saturated rings. The number of amides is 2. The predicted octanol–water partition coefficient (Wildman–Crippen LogP) is 5.27. The second kappa shape index (κ2) is 12.9. The second-order valence-corrected chi connectivity index (χ2v) is 10.7. The van der Waals surface area contributed by atoms with E-state index >= 15 is 0 Å². The first-order valence-electron chi connectivity index (χ1n) is 14.4. The van der Waals surface area contributed by atoms with Crippen LogP contribution in [0.3, 0.4) is 0 Å². The van der Waals surface area contributed by atoms with Crippen LogP contribution in [0.2, 0.25) is 0 Å². The number of carbonyl (C=O) groups excluding carboxylic acids is 2. The molecular formula is C31H40N4O3. The minimum Gasteiger partial charge on any atom is -0.484 e. The third kappa shape index (κ3) is 6.55. The SMILES string of the molecule is O=C(COc1ccccc1)NCCc1nc2ccccc2n1CC(=O)N(C1CCCCC1)C1CCCCC1. The van der Waals surface area contributed by atoms with Crippen molar-refractivity contribution < 1.29 is 14.3 Å². The van der Waals surface area contributed by atoms with Gasteiger partial charge in [-0.05, 0) is 49.9 Å². The number of hydrogen-bond acceptors (Lipinski definition) is 4. The lowest BCUT2D eigenvalue weighted by Gasteiger charge is -2.42. The van der Waals surface area contributed by atoms with E-state index in [1.54, 1.807) is 0 Å². The van der Waals surface area contributed by atoms with Gasteiger partial charge in [-0.2, -0.15) is 0 Å². The van der Waals surface area contributed by atoms with Gasteiger partial charge in [0.15, 0.2) is 6.61 Å². The number of nitrogens with one attached hydrogen (secondary N) is 1. The summed E-state index contributed by atoms with van der Waals surface area (Å²) in [4.78, 5) is 33.5. The fourth-order valence-corrected chi connectivity index (χ4v) is 6.16. The Bertz CT molecular complexity index is 1180. The molecule has 1 N–H and O–H groups in total. The molecule has 2 amide bonds. The van der Waals surface area contributed by atoms with Crippen molar-refractivity contribution in [2.45, 2.75) is 89.3 Å². The number of fused-ring (bicyclic) bond motifs is 1. The van der Waals surface area contributed by atoms with Crippen LogP contribution in [0.25, 0.3) is 11.0 Å². The Morgan fingerprint density at radius 2 is 1.50 bits per heavy atom. The maximum Gasteiger partial charge on any atom is 0.257 e. The van der Waals surface area contributed by atoms with Crippen molar-refractivity contribution in [3.05, 3.63) is 60.4 Å². The maximum absolute atomic E-state index is 14.0. The standard InChI is InChI=1S/C31H40N4O3/c36-30(23-38-26-16-8-3-9-17-26)32-21-20-29-33-27-18-10-11-19-28(27)34(29)22-31(37)35(24-12-4-1-5-13-24)25-14-6-2-7-15-25/h3,8-11,16-19,24-25H,1-2,4-7,12-15,20-23H2,(H,32,36). The van der Waals surface area contributed by atoms with Gasteiger partial charge in [0.05, 0.1) is 11.0 Å². The molecule has 2 aromatic carbocycles. The number of carbonyl (C=O) groups is 2. The van der Waals surface area contributed by atoms with Crippen LogP contribution >= 0.6 is 0 Å². The summed E-state index contributed by atoms with van der Waals surface area (Å²) in [5, 5.41) is 2.94. The van der Waals surface area contributed by atoms with E-state index in [0.29, 0.717) is 37.3 Å². The minimum absolute atomic E-state index is 0.0311. The first-order chi connectivity index (χ1) is 18.7. The lowest BCUT2D eigenvalue weighted by atomic mass is 9.88. The normalized spacial score (nSPS) is 16.8. The molecule has 7 heteroatoms. The van der Waals surface area contributed by atoms with Crippen molar-refractivity contribution in [2.24, 2.45) is 0 Å². The number of rotatable bonds is 10. The molecule has 0 spiro atoms. The van der Waals surface area contributed by atoms with Gasteiger partial charge in [0.25, 0.3) is 5.91 Å². The van der Waals surface area contributed by atoms with E-state index in [9.17, 15) is 9.59 Å². The van der Waals surface area contributed by atoms with E-state index < -0.39 is 0 Å². The third-order valence-electron chi connectivity index (χ3n) is 8.04. The Morgan fingerprint density at radius 3 is 2.18 bits per heavy atom. The summed E-state index contributed by atoms with van der Waals surface area (Å²) >= 11 is 0. The van der Waals surface area contributed by atoms with Crippen LogP contribution in [-0.4, -0.2) is 51.5 Å². The fraction of sp³-hybridized carbons (Fsp3) is 0.516. The lowest BCUT2D eigenvalue weighted by Crippen LogP contribution is -2.50. The van der Waals surface area contributed by atoms with Crippen molar-refractivity contribution in [1.82, 2.24) is 19.8 Å². The number of nitrogens with zero attached hydrogens (tertiary/aromatic N) is 3. The summed E-state index contributed by atoms with van der Waals surface area (Å²) in [6.45, 7) is 0.702. The second-order valence-electron chi connectivity index (χ2n) is 10.7. The number of para-hydroxylation sites is 3. The molecule has 0 bridgehead atoms. The van der Waals surface area contributed by atoms with Gasteiger partial charge >= 0.3 is 0 Å². The summed E-state index contributed by atoms with van der Waals surface area (Å²) < 4.78 is 7.63. The van der Waals surface area contributed by atoms with E-state index in [4.69, 9.17) is 9.72 Å². The summed E-state index contributed by atoms with van der Waals surface area (Å²) in [7, 11) is 0. The summed E-state index contributed by atoms with van der Waals surface area (Å²) in [5.41, 5.74) is 1.86. The van der Waals surface area contributed by atoms with Crippen LogP contribution in [0, 0.1) is 0 Å². The zero-order valence-electron chi connectivity index (χ0n) is 22.3. The zero-order chi connectivity index (χ0) is 26.2. The third-order valence-corrected chi connectivity index (χ3v) is 8.04. The number of imidazole rings is 1. The molecule has 38 heavy (non-hydrogen) atoms. The minimum atomic E-state index is -0.173. The smallest absolute Gasteiger partial charge is 0.257 e. The Hall–Kier alpha value is -3.35. The molecule has 0 saturated heterocycles. The molecule has 0 aliphatic heterocycles. The van der Waals surface area contributed by atoms with E-state index in [2.05, 4.69) is 14.8 Å². The largest absolute Gasteiger partial charge is 0.484 e. The molecular weight excluding hydrogens is 476 g/mol. The monoisotopic (exact) mass is 516 g/mol. The molecule has 1 heterocycles. The van der Waals surface area contributed by atoms with Gasteiger partial charge in [-0.3, -0.25) is 9.59 Å². The molecule has 1 aromatic heterocycles. The molecule has 0 atom stereocenters. The Labute approximate surface area is 225 Å². The highest BCUT2D eigenvalue weighted by Crippen LogP contribution is 2.31. The van der Waals surface area contributed by atoms with Crippen LogP contribution in [0.15, 0.2) is 54.6 Å². The number of benzene rings is 2. The van der Waals surface area contributed by atoms with Gasteiger partial charge < -0.3 is 19.5 Å². The first-order valence-corrected chi connectivity index (χ1v) is 14.4. The quantitative estimate of drug-likeness (QED) is 0.398. The van der Waals surface area contributed by atoms with Gasteiger partial charge in [0.1, 0.15) is 18.1 Å². The van der Waals surface area contributed by atoms with Gasteiger partial charge in [-0.1, -0.05) is 68.9 Å². The highest BCUT2D eigenvalue weighted by Gasteiger charge is 2.33. The number of ether oxygens (including phenoxy) is 1. The highest BCUT2D eigenvalue weighted by molar-refractivity contribution is 5.82. The van der Waals surface area contributed by atoms with E-state index in [1.807, 2.05) is 54.6 Å². The molecule has 0 radical (unpaired) electrons. The average molecular weight is 517 g/mol. The van der Waals surface area contributed by atoms with E-state index in [0.717, 1.165) is 42.5 Å². The Morgan fingerprint density at radius 1 is 0.868 bits per heavy atom. The van der Waals surface area contributed by atoms with Crippen molar-refractivity contribution in [2.75, 3.05) is 13.2 Å². The molecule has 5 rings (SSSR count). The van der Waals surface area contributed by atoms with Crippen LogP contribution in [0.4, 0.5) is 0 Å². The summed E-state index contributed by atoms with van der Waals surface area (Å²) in [5.74, 6) is 1.54. The van der Waals surface area contributed by atoms with Crippen LogP contribution in [0.5, 0.6) is 5.75 Å². The van der Waals surface area contributed by atoms with Crippen molar-refractivity contribution >= 4 is 22.8 Å². The maximum atomic E-state index is 14.0. The van der Waals surface area contributed by atoms with Gasteiger partial charge in [0.2, 0.25) is 5.91 Å². The van der Waals surface area contributed by atoms with E-state index in [-0.39, 0.29) is 18.4 Å². The summed E-state index contributed by atoms with van der Waals surface area (Å²) in [6, 6.07) is 18.1. The molecule has 3 aromatic rings. The molecule has 7 nitrogen and oxygen atoms in total. The lowest BCUT2D eigenvalue weighted by molar-refractivity contribution is -0.138. The predicted molar refractivity (Wildman–Crippen MR) is 149 cm³/mol. The first kappa shape index (κ1) is 26.3. The fourth-order valence-electron chi connectivity index (χ4n) is 6.16. The number of hydrogen-bond donors (Lipinski definition) is 1. The molecule has 202 valence electrons. The molecule has 2 aliphatic rings. The van der Waals surface area contributed by atoms with Crippen LogP contribution < -0.4 is 10.1 Å². The Kier molecular flexibility index (Phi) is 8.94. The van der Waals surface area contributed by atoms with Crippen molar-refractivity contribution in [3.63, 3.8) is 0 Å². The van der Waals surface area contributed by atoms with Crippen molar-refractivity contribution in [3.8, 4) is 5.75 Å². The van der Waals surface area contributed by atoms with Crippen LogP contribution in [-0.2, 0) is 22.6 Å². The summed E-state index contributed by atoms with van der Waals surface area (Å²) in [6.07, 6.45) is 12.5. The highest BCUT2D eigenvalue weighted by atomic mass is 16.5. The van der Waals surface area contributed by atoms with Gasteiger partial charge in [-0.15, -0.1) is 0 Å². The number of aromatic nitrogens is 2. The van der Waals surface area contributed by atoms with Crippen molar-refractivity contribution in [1.29, 1.82) is 0 Å². The zero-order valence-corrected chi connectivity index (χ0v) is 22.3.